The molecule has 1 heterocycles. The van der Waals surface area contributed by atoms with E-state index in [2.05, 4.69) is 35.1 Å². The van der Waals surface area contributed by atoms with Crippen LogP contribution in [0.1, 0.15) is 107 Å². The summed E-state index contributed by atoms with van der Waals surface area (Å²) in [5.74, 6) is -3.29. The third-order valence-electron chi connectivity index (χ3n) is 11.1. The molecule has 3 aliphatic rings. The summed E-state index contributed by atoms with van der Waals surface area (Å²) >= 11 is 0. The van der Waals surface area contributed by atoms with Gasteiger partial charge in [-0.2, -0.15) is 0 Å². The molecule has 3 fully saturated rings. The number of esters is 1. The second-order valence-corrected chi connectivity index (χ2v) is 17.6. The first-order valence-corrected chi connectivity index (χ1v) is 18.4. The summed E-state index contributed by atoms with van der Waals surface area (Å²) in [6.07, 6.45) is 3.85. The monoisotopic (exact) mass is 709 g/mol. The zero-order valence-corrected chi connectivity index (χ0v) is 32.1. The van der Waals surface area contributed by atoms with Crippen LogP contribution in [0.25, 0.3) is 0 Å². The van der Waals surface area contributed by atoms with Crippen LogP contribution < -0.4 is 21.3 Å². The van der Waals surface area contributed by atoms with Crippen molar-refractivity contribution >= 4 is 35.5 Å². The Balaban J connectivity index is 1.49. The second kappa shape index (κ2) is 14.9. The van der Waals surface area contributed by atoms with Crippen LogP contribution >= 0.6 is 0 Å². The van der Waals surface area contributed by atoms with E-state index < -0.39 is 70.8 Å². The summed E-state index contributed by atoms with van der Waals surface area (Å²) in [5.41, 5.74) is -1.54. The SMILES string of the molecule is CCC1(C)C2CN(C(=O)[C@@H](NC(=O)NC(C)(C)C)C(C)(C)C)[C@H](C(=O)NC(CC3CCC3)C(=O)C(=O)NCC(=O)OC(C)(C)c3ccccc3)C21. The Hall–Kier alpha value is -3.96. The number of piperidine rings is 1. The maximum atomic E-state index is 14.3. The average Bonchev–Trinajstić information content (AvgIpc) is 3.35. The van der Waals surface area contributed by atoms with Crippen LogP contribution in [0, 0.1) is 28.6 Å². The first-order chi connectivity index (χ1) is 23.6. The minimum atomic E-state index is -1.13. The number of carbonyl (C=O) groups is 6. The molecule has 4 rings (SSSR count). The van der Waals surface area contributed by atoms with Gasteiger partial charge < -0.3 is 30.9 Å². The molecule has 0 radical (unpaired) electrons. The van der Waals surface area contributed by atoms with Crippen LogP contribution in [0.3, 0.4) is 0 Å². The first kappa shape index (κ1) is 39.8. The third kappa shape index (κ3) is 9.29. The molecule has 12 heteroatoms. The summed E-state index contributed by atoms with van der Waals surface area (Å²) in [4.78, 5) is 82.7. The van der Waals surface area contributed by atoms with Crippen LogP contribution in [0.15, 0.2) is 30.3 Å². The largest absolute Gasteiger partial charge is 0.453 e. The van der Waals surface area contributed by atoms with Crippen molar-refractivity contribution in [3.8, 4) is 0 Å². The van der Waals surface area contributed by atoms with E-state index in [0.29, 0.717) is 6.54 Å². The molecule has 282 valence electrons. The zero-order valence-electron chi connectivity index (χ0n) is 32.1. The van der Waals surface area contributed by atoms with E-state index in [1.807, 2.05) is 71.9 Å². The summed E-state index contributed by atoms with van der Waals surface area (Å²) < 4.78 is 5.61. The number of Topliss-reactive ketones (excluding diaryl/α,β-unsaturated/α-hetero) is 1. The number of urea groups is 1. The van der Waals surface area contributed by atoms with Crippen LogP contribution in [0.4, 0.5) is 4.79 Å². The molecule has 2 aliphatic carbocycles. The number of carbonyl (C=O) groups excluding carboxylic acids is 6. The van der Waals surface area contributed by atoms with Crippen LogP contribution in [0.5, 0.6) is 0 Å². The Labute approximate surface area is 302 Å². The zero-order chi connectivity index (χ0) is 38.1. The van der Waals surface area contributed by atoms with Crippen molar-refractivity contribution in [1.29, 1.82) is 0 Å². The number of likely N-dealkylation sites (tertiary alicyclic amines) is 1. The maximum absolute atomic E-state index is 14.3. The fourth-order valence-corrected chi connectivity index (χ4v) is 7.64. The molecule has 6 atom stereocenters. The topological polar surface area (TPSA) is 163 Å². The van der Waals surface area contributed by atoms with Crippen molar-refractivity contribution in [2.45, 2.75) is 131 Å². The molecule has 5 amide bonds. The minimum Gasteiger partial charge on any atom is -0.453 e. The number of rotatable bonds is 13. The molecule has 1 aromatic rings. The number of ether oxygens (including phenoxy) is 1. The molecule has 2 saturated carbocycles. The van der Waals surface area contributed by atoms with Crippen molar-refractivity contribution in [2.75, 3.05) is 13.1 Å². The summed E-state index contributed by atoms with van der Waals surface area (Å²) in [5, 5.41) is 11.0. The van der Waals surface area contributed by atoms with E-state index in [1.165, 1.54) is 0 Å². The molecule has 1 aromatic carbocycles. The summed E-state index contributed by atoms with van der Waals surface area (Å²) in [6, 6.07) is 5.78. The van der Waals surface area contributed by atoms with Gasteiger partial charge in [-0.25, -0.2) is 4.79 Å². The number of ketones is 1. The third-order valence-corrected chi connectivity index (χ3v) is 11.1. The van der Waals surface area contributed by atoms with Crippen LogP contribution in [0.2, 0.25) is 0 Å². The van der Waals surface area contributed by atoms with Crippen LogP contribution in [-0.4, -0.2) is 77.2 Å². The second-order valence-electron chi connectivity index (χ2n) is 17.6. The lowest BCUT2D eigenvalue weighted by Gasteiger charge is -2.38. The number of hydrogen-bond donors (Lipinski definition) is 4. The van der Waals surface area contributed by atoms with E-state index in [0.717, 1.165) is 31.2 Å². The normalized spacial score (nSPS) is 24.3. The molecule has 0 aromatic heterocycles. The predicted molar refractivity (Wildman–Crippen MR) is 193 cm³/mol. The maximum Gasteiger partial charge on any atom is 0.326 e. The molecule has 4 N–H and O–H groups in total. The van der Waals surface area contributed by atoms with Gasteiger partial charge in [-0.05, 0) is 75.2 Å². The van der Waals surface area contributed by atoms with Gasteiger partial charge in [-0.1, -0.05) is 90.6 Å². The molecule has 12 nitrogen and oxygen atoms in total. The van der Waals surface area contributed by atoms with Crippen molar-refractivity contribution in [3.63, 3.8) is 0 Å². The molecule has 1 saturated heterocycles. The number of nitrogens with one attached hydrogen (secondary N) is 4. The molecule has 4 unspecified atom stereocenters. The van der Waals surface area contributed by atoms with Gasteiger partial charge in [0.25, 0.3) is 5.91 Å². The van der Waals surface area contributed by atoms with Gasteiger partial charge in [0.2, 0.25) is 17.6 Å². The van der Waals surface area contributed by atoms with E-state index in [4.69, 9.17) is 4.74 Å². The standard InChI is InChI=1S/C39H59N5O7/c1-11-39(10)25-22-44(34(49)31(36(2,3)4)42-35(50)43-37(5,6)7)29(28(25)39)32(47)41-26(20-23-16-15-17-23)30(46)33(48)40-21-27(45)51-38(8,9)24-18-13-12-14-19-24/h12-14,18-19,23,25-26,28-29,31H,11,15-17,20-22H2,1-10H3,(H,40,48)(H,41,47)(H2,42,43,50)/t25?,26?,28?,29-,31+,39?/m0/s1. The Morgan fingerprint density at radius 3 is 2.10 bits per heavy atom. The molecule has 1 aliphatic heterocycles. The fraction of sp³-hybridized carbons (Fsp3) is 0.692. The molecular formula is C39H59N5O7. The summed E-state index contributed by atoms with van der Waals surface area (Å²) in [7, 11) is 0. The predicted octanol–water partition coefficient (Wildman–Crippen LogP) is 4.21. The molecular weight excluding hydrogens is 650 g/mol. The Morgan fingerprint density at radius 2 is 1.57 bits per heavy atom. The molecule has 51 heavy (non-hydrogen) atoms. The lowest BCUT2D eigenvalue weighted by molar-refractivity contribution is -0.157. The summed E-state index contributed by atoms with van der Waals surface area (Å²) in [6.45, 7) is 18.6. The first-order valence-electron chi connectivity index (χ1n) is 18.4. The minimum absolute atomic E-state index is 0.0847. The van der Waals surface area contributed by atoms with Crippen molar-refractivity contribution in [3.05, 3.63) is 35.9 Å². The highest BCUT2D eigenvalue weighted by molar-refractivity contribution is 6.38. The van der Waals surface area contributed by atoms with E-state index in [-0.39, 0.29) is 35.5 Å². The molecule has 0 bridgehead atoms. The number of amides is 5. The highest BCUT2D eigenvalue weighted by Gasteiger charge is 2.71. The van der Waals surface area contributed by atoms with Gasteiger partial charge in [0.15, 0.2) is 0 Å². The lowest BCUT2D eigenvalue weighted by Crippen LogP contribution is -2.62. The van der Waals surface area contributed by atoms with E-state index >= 15 is 0 Å². The lowest BCUT2D eigenvalue weighted by atomic mass is 9.80. The highest BCUT2D eigenvalue weighted by Crippen LogP contribution is 2.67. The number of nitrogens with zero attached hydrogens (tertiary/aromatic N) is 1. The fourth-order valence-electron chi connectivity index (χ4n) is 7.64. The Kier molecular flexibility index (Phi) is 11.7. The van der Waals surface area contributed by atoms with Gasteiger partial charge in [0, 0.05) is 12.1 Å². The number of benzene rings is 1. The van der Waals surface area contributed by atoms with E-state index in [9.17, 15) is 28.8 Å². The molecule has 0 spiro atoms. The van der Waals surface area contributed by atoms with Gasteiger partial charge in [0.05, 0.1) is 6.04 Å². The van der Waals surface area contributed by atoms with Gasteiger partial charge >= 0.3 is 12.0 Å². The van der Waals surface area contributed by atoms with Gasteiger partial charge in [-0.3, -0.25) is 24.0 Å². The van der Waals surface area contributed by atoms with E-state index in [1.54, 1.807) is 18.7 Å². The van der Waals surface area contributed by atoms with Crippen molar-refractivity contribution in [1.82, 2.24) is 26.2 Å². The quantitative estimate of drug-likeness (QED) is 0.176. The van der Waals surface area contributed by atoms with Gasteiger partial charge in [-0.15, -0.1) is 0 Å². The van der Waals surface area contributed by atoms with Crippen LogP contribution in [-0.2, 0) is 34.3 Å². The number of fused-ring (bicyclic) bond motifs is 1. The van der Waals surface area contributed by atoms with Gasteiger partial charge in [0.1, 0.15) is 24.2 Å². The van der Waals surface area contributed by atoms with Crippen molar-refractivity contribution < 1.29 is 33.5 Å². The Morgan fingerprint density at radius 1 is 0.941 bits per heavy atom. The number of hydrogen-bond acceptors (Lipinski definition) is 7. The highest BCUT2D eigenvalue weighted by atomic mass is 16.6. The Bertz CT molecular complexity index is 1490. The smallest absolute Gasteiger partial charge is 0.326 e. The average molecular weight is 710 g/mol. The van der Waals surface area contributed by atoms with Crippen molar-refractivity contribution in [2.24, 2.45) is 28.6 Å².